The maximum Gasteiger partial charge on any atom is 0.242 e. The Bertz CT molecular complexity index is 641. The Kier molecular flexibility index (Phi) is 4.65. The normalized spacial score (nSPS) is 14.2. The number of rotatable bonds is 4. The standard InChI is InChI=1S/C13H16BrClN4O/c1-4-16-13(20)8(3)19-11(7(2)15)18-10-5-9(14)6-17-12(10)19/h5-8H,4H2,1-3H3,(H,16,20). The molecular weight excluding hydrogens is 344 g/mol. The van der Waals surface area contributed by atoms with Crippen molar-refractivity contribution in [1.29, 1.82) is 0 Å². The van der Waals surface area contributed by atoms with Crippen LogP contribution in [0.4, 0.5) is 0 Å². The van der Waals surface area contributed by atoms with Crippen molar-refractivity contribution in [2.75, 3.05) is 6.54 Å². The van der Waals surface area contributed by atoms with E-state index in [1.165, 1.54) is 0 Å². The molecule has 2 atom stereocenters. The van der Waals surface area contributed by atoms with Gasteiger partial charge < -0.3 is 5.32 Å². The Morgan fingerprint density at radius 2 is 2.25 bits per heavy atom. The lowest BCUT2D eigenvalue weighted by Crippen LogP contribution is -2.31. The number of carbonyl (C=O) groups excluding carboxylic acids is 1. The number of hydrogen-bond acceptors (Lipinski definition) is 3. The summed E-state index contributed by atoms with van der Waals surface area (Å²) >= 11 is 9.56. The largest absolute Gasteiger partial charge is 0.355 e. The summed E-state index contributed by atoms with van der Waals surface area (Å²) in [6.07, 6.45) is 1.69. The molecule has 1 amide bonds. The van der Waals surface area contributed by atoms with Crippen LogP contribution in [0, 0.1) is 0 Å². The molecule has 0 radical (unpaired) electrons. The lowest BCUT2D eigenvalue weighted by molar-refractivity contribution is -0.123. The highest BCUT2D eigenvalue weighted by Gasteiger charge is 2.24. The van der Waals surface area contributed by atoms with Gasteiger partial charge in [0.1, 0.15) is 17.4 Å². The molecule has 0 aromatic carbocycles. The Morgan fingerprint density at radius 3 is 2.85 bits per heavy atom. The molecule has 0 aliphatic carbocycles. The highest BCUT2D eigenvalue weighted by molar-refractivity contribution is 9.10. The predicted molar refractivity (Wildman–Crippen MR) is 82.9 cm³/mol. The topological polar surface area (TPSA) is 59.8 Å². The summed E-state index contributed by atoms with van der Waals surface area (Å²) in [6, 6.07) is 1.45. The first-order valence-corrected chi connectivity index (χ1v) is 7.63. The van der Waals surface area contributed by atoms with Crippen molar-refractivity contribution in [2.45, 2.75) is 32.2 Å². The Hall–Kier alpha value is -1.14. The SMILES string of the molecule is CCNC(=O)C(C)n1c(C(C)Cl)nc2cc(Br)cnc21. The molecule has 0 saturated heterocycles. The number of amides is 1. The van der Waals surface area contributed by atoms with Crippen LogP contribution in [0.5, 0.6) is 0 Å². The average molecular weight is 360 g/mol. The van der Waals surface area contributed by atoms with Gasteiger partial charge in [0.25, 0.3) is 0 Å². The molecule has 2 heterocycles. The van der Waals surface area contributed by atoms with E-state index < -0.39 is 6.04 Å². The van der Waals surface area contributed by atoms with Gasteiger partial charge in [-0.25, -0.2) is 9.97 Å². The lowest BCUT2D eigenvalue weighted by atomic mass is 10.3. The molecular formula is C13H16BrClN4O. The third-order valence-corrected chi connectivity index (χ3v) is 3.63. The number of aromatic nitrogens is 3. The molecule has 0 bridgehead atoms. The number of hydrogen-bond donors (Lipinski definition) is 1. The van der Waals surface area contributed by atoms with Crippen molar-refractivity contribution in [2.24, 2.45) is 0 Å². The molecule has 2 unspecified atom stereocenters. The van der Waals surface area contributed by atoms with E-state index in [0.29, 0.717) is 18.0 Å². The van der Waals surface area contributed by atoms with Gasteiger partial charge in [0.2, 0.25) is 5.91 Å². The summed E-state index contributed by atoms with van der Waals surface area (Å²) in [5.41, 5.74) is 1.38. The zero-order valence-electron chi connectivity index (χ0n) is 11.5. The highest BCUT2D eigenvalue weighted by atomic mass is 79.9. The minimum absolute atomic E-state index is 0.0740. The summed E-state index contributed by atoms with van der Waals surface area (Å²) in [5.74, 6) is 0.570. The smallest absolute Gasteiger partial charge is 0.242 e. The minimum atomic E-state index is -0.412. The number of nitrogens with one attached hydrogen (secondary N) is 1. The molecule has 20 heavy (non-hydrogen) atoms. The van der Waals surface area contributed by atoms with Crippen molar-refractivity contribution in [1.82, 2.24) is 19.9 Å². The van der Waals surface area contributed by atoms with Crippen LogP contribution in [0.25, 0.3) is 11.2 Å². The van der Waals surface area contributed by atoms with Gasteiger partial charge in [0.05, 0.1) is 5.38 Å². The first-order chi connectivity index (χ1) is 9.45. The van der Waals surface area contributed by atoms with Crippen LogP contribution in [0.1, 0.15) is 38.0 Å². The maximum atomic E-state index is 12.1. The van der Waals surface area contributed by atoms with E-state index in [4.69, 9.17) is 11.6 Å². The third kappa shape index (κ3) is 2.81. The summed E-state index contributed by atoms with van der Waals surface area (Å²) < 4.78 is 2.64. The van der Waals surface area contributed by atoms with Crippen LogP contribution in [0.3, 0.4) is 0 Å². The second kappa shape index (κ2) is 6.10. The number of nitrogens with zero attached hydrogens (tertiary/aromatic N) is 3. The first-order valence-electron chi connectivity index (χ1n) is 6.40. The number of alkyl halides is 1. The van der Waals surface area contributed by atoms with E-state index >= 15 is 0 Å². The van der Waals surface area contributed by atoms with E-state index in [1.54, 1.807) is 10.8 Å². The van der Waals surface area contributed by atoms with Crippen LogP contribution < -0.4 is 5.32 Å². The maximum absolute atomic E-state index is 12.1. The van der Waals surface area contributed by atoms with Gasteiger partial charge >= 0.3 is 0 Å². The number of likely N-dealkylation sites (N-methyl/N-ethyl adjacent to an activating group) is 1. The molecule has 0 spiro atoms. The van der Waals surface area contributed by atoms with E-state index in [2.05, 4.69) is 31.2 Å². The van der Waals surface area contributed by atoms with Crippen molar-refractivity contribution in [3.05, 3.63) is 22.6 Å². The van der Waals surface area contributed by atoms with Crippen molar-refractivity contribution >= 4 is 44.6 Å². The second-order valence-corrected chi connectivity index (χ2v) is 6.09. The molecule has 0 aliphatic heterocycles. The summed E-state index contributed by atoms with van der Waals surface area (Å²) in [7, 11) is 0. The predicted octanol–water partition coefficient (Wildman–Crippen LogP) is 3.19. The molecule has 7 heteroatoms. The number of carbonyl (C=O) groups is 1. The van der Waals surface area contributed by atoms with Crippen molar-refractivity contribution in [3.63, 3.8) is 0 Å². The zero-order chi connectivity index (χ0) is 14.9. The number of pyridine rings is 1. The Balaban J connectivity index is 2.59. The van der Waals surface area contributed by atoms with Gasteiger partial charge in [-0.2, -0.15) is 0 Å². The molecule has 0 saturated carbocycles. The number of halogens is 2. The van der Waals surface area contributed by atoms with E-state index in [0.717, 1.165) is 9.99 Å². The Labute approximate surface area is 130 Å². The van der Waals surface area contributed by atoms with Gasteiger partial charge in [-0.3, -0.25) is 9.36 Å². The highest BCUT2D eigenvalue weighted by Crippen LogP contribution is 2.28. The molecule has 0 fully saturated rings. The Morgan fingerprint density at radius 1 is 1.55 bits per heavy atom. The molecule has 1 N–H and O–H groups in total. The van der Waals surface area contributed by atoms with Gasteiger partial charge in [-0.1, -0.05) is 0 Å². The van der Waals surface area contributed by atoms with E-state index in [9.17, 15) is 4.79 Å². The fourth-order valence-corrected chi connectivity index (χ4v) is 2.55. The molecule has 2 aromatic heterocycles. The molecule has 5 nitrogen and oxygen atoms in total. The van der Waals surface area contributed by atoms with Gasteiger partial charge in [-0.05, 0) is 42.8 Å². The molecule has 0 aliphatic rings. The van der Waals surface area contributed by atoms with Crippen molar-refractivity contribution < 1.29 is 4.79 Å². The van der Waals surface area contributed by atoms with Crippen molar-refractivity contribution in [3.8, 4) is 0 Å². The monoisotopic (exact) mass is 358 g/mol. The average Bonchev–Trinajstić information content (AvgIpc) is 2.76. The van der Waals surface area contributed by atoms with Crippen LogP contribution >= 0.6 is 27.5 Å². The first kappa shape index (κ1) is 15.3. The fourth-order valence-electron chi connectivity index (χ4n) is 2.08. The number of imidazole rings is 1. The van der Waals surface area contributed by atoms with Crippen LogP contribution in [-0.4, -0.2) is 27.0 Å². The number of fused-ring (bicyclic) bond motifs is 1. The summed E-state index contributed by atoms with van der Waals surface area (Å²) in [5, 5.41) is 2.50. The van der Waals surface area contributed by atoms with Gasteiger partial charge in [0.15, 0.2) is 5.65 Å². The van der Waals surface area contributed by atoms with Gasteiger partial charge in [-0.15, -0.1) is 11.6 Å². The minimum Gasteiger partial charge on any atom is -0.355 e. The molecule has 2 rings (SSSR count). The third-order valence-electron chi connectivity index (χ3n) is 3.00. The van der Waals surface area contributed by atoms with Crippen LogP contribution in [0.15, 0.2) is 16.7 Å². The summed E-state index contributed by atoms with van der Waals surface area (Å²) in [6.45, 7) is 6.12. The van der Waals surface area contributed by atoms with Crippen LogP contribution in [-0.2, 0) is 4.79 Å². The summed E-state index contributed by atoms with van der Waals surface area (Å²) in [4.78, 5) is 20.9. The lowest BCUT2D eigenvalue weighted by Gasteiger charge is -2.17. The second-order valence-electron chi connectivity index (χ2n) is 4.52. The van der Waals surface area contributed by atoms with Crippen LogP contribution in [0.2, 0.25) is 0 Å². The van der Waals surface area contributed by atoms with Gasteiger partial charge in [0, 0.05) is 17.2 Å². The fraction of sp³-hybridized carbons (Fsp3) is 0.462. The van der Waals surface area contributed by atoms with E-state index in [1.807, 2.05) is 26.8 Å². The zero-order valence-corrected chi connectivity index (χ0v) is 13.9. The van der Waals surface area contributed by atoms with E-state index in [-0.39, 0.29) is 11.3 Å². The molecule has 2 aromatic rings. The molecule has 108 valence electrons. The quantitative estimate of drug-likeness (QED) is 0.853.